The Balaban J connectivity index is 2.42. The van der Waals surface area contributed by atoms with E-state index in [4.69, 9.17) is 42.1 Å². The molecule has 2 aromatic carbocycles. The van der Waals surface area contributed by atoms with Crippen molar-refractivity contribution in [2.24, 2.45) is 10.2 Å². The molecule has 178 valence electrons. The van der Waals surface area contributed by atoms with Crippen molar-refractivity contribution in [3.8, 4) is 23.0 Å². The van der Waals surface area contributed by atoms with E-state index in [0.29, 0.717) is 36.2 Å². The molecule has 0 spiro atoms. The Kier molecular flexibility index (Phi) is 9.74. The number of methoxy groups -OCH3 is 2. The lowest BCUT2D eigenvalue weighted by Gasteiger charge is -2.17. The fourth-order valence-electron chi connectivity index (χ4n) is 2.77. The van der Waals surface area contributed by atoms with E-state index in [-0.39, 0.29) is 21.4 Å². The molecule has 0 saturated heterocycles. The Morgan fingerprint density at radius 2 is 1.45 bits per heavy atom. The minimum atomic E-state index is -1.49. The number of nitrogens with one attached hydrogen (secondary N) is 1. The van der Waals surface area contributed by atoms with Crippen molar-refractivity contribution >= 4 is 46.3 Å². The number of halogens is 2. The lowest BCUT2D eigenvalue weighted by Crippen LogP contribution is -2.32. The second-order valence-corrected chi connectivity index (χ2v) is 7.22. The molecule has 11 heteroatoms. The van der Waals surface area contributed by atoms with E-state index in [1.807, 2.05) is 0 Å². The number of rotatable bonds is 11. The first-order chi connectivity index (χ1) is 15.8. The summed E-state index contributed by atoms with van der Waals surface area (Å²) in [5.74, 6) is -0.0256. The number of anilines is 1. The summed E-state index contributed by atoms with van der Waals surface area (Å²) in [6.45, 7) is 5.50. The maximum absolute atomic E-state index is 13.0. The molecule has 0 fully saturated rings. The minimum Gasteiger partial charge on any atom is -0.495 e. The molecule has 0 aliphatic rings. The van der Waals surface area contributed by atoms with Crippen LogP contribution in [0.2, 0.25) is 10.0 Å². The van der Waals surface area contributed by atoms with Crippen LogP contribution in [0.15, 0.2) is 34.5 Å². The number of nitrogens with zero attached hydrogens (tertiary/aromatic N) is 2. The van der Waals surface area contributed by atoms with Gasteiger partial charge in [-0.2, -0.15) is 5.11 Å². The zero-order valence-corrected chi connectivity index (χ0v) is 20.4. The first-order valence-corrected chi connectivity index (χ1v) is 10.7. The van der Waals surface area contributed by atoms with Crippen LogP contribution in [0.3, 0.4) is 0 Å². The van der Waals surface area contributed by atoms with Gasteiger partial charge in [-0.25, -0.2) is 0 Å². The lowest BCUT2D eigenvalue weighted by molar-refractivity contribution is -0.126. The molecular formula is C22H25Cl2N3O6. The maximum atomic E-state index is 13.0. The molecule has 0 radical (unpaired) electrons. The van der Waals surface area contributed by atoms with Gasteiger partial charge in [0.15, 0.2) is 5.78 Å². The zero-order chi connectivity index (χ0) is 24.5. The number of amides is 1. The summed E-state index contributed by atoms with van der Waals surface area (Å²) in [7, 11) is 2.87. The molecule has 2 rings (SSSR count). The standard InChI is InChI=1S/C22H25Cl2N3O6/c1-6-32-14-9-11-16(33-7-2)20(18(14)24)25-22(29)19(12(3)28)26-27-21-15(31-5)10-8-13(30-4)17(21)23/h8-11,19H,6-7H2,1-5H3,(H,25,29). The SMILES string of the molecule is CCOc1ccc(OCC)c(NC(=O)C(N=Nc2c(OC)ccc(OC)c2Cl)C(C)=O)c1Cl. The zero-order valence-electron chi connectivity index (χ0n) is 18.9. The number of azo groups is 1. The van der Waals surface area contributed by atoms with Crippen LogP contribution in [-0.2, 0) is 9.59 Å². The first kappa shape index (κ1) is 26.2. The summed E-state index contributed by atoms with van der Waals surface area (Å²) < 4.78 is 21.4. The van der Waals surface area contributed by atoms with Gasteiger partial charge < -0.3 is 24.3 Å². The van der Waals surface area contributed by atoms with Gasteiger partial charge in [-0.15, -0.1) is 5.11 Å². The summed E-state index contributed by atoms with van der Waals surface area (Å²) >= 11 is 12.7. The number of carbonyl (C=O) groups is 2. The fraction of sp³-hybridized carbons (Fsp3) is 0.364. The Hall–Kier alpha value is -3.04. The maximum Gasteiger partial charge on any atom is 0.258 e. The Bertz CT molecular complexity index is 1050. The normalized spacial score (nSPS) is 11.7. The molecule has 9 nitrogen and oxygen atoms in total. The average Bonchev–Trinajstić information content (AvgIpc) is 2.78. The topological polar surface area (TPSA) is 108 Å². The number of hydrogen-bond acceptors (Lipinski definition) is 8. The van der Waals surface area contributed by atoms with Crippen LogP contribution in [-0.4, -0.2) is 45.2 Å². The Morgan fingerprint density at radius 1 is 0.909 bits per heavy atom. The predicted octanol–water partition coefficient (Wildman–Crippen LogP) is 5.49. The molecule has 33 heavy (non-hydrogen) atoms. The van der Waals surface area contributed by atoms with Crippen molar-refractivity contribution < 1.29 is 28.5 Å². The smallest absolute Gasteiger partial charge is 0.258 e. The van der Waals surface area contributed by atoms with Gasteiger partial charge in [0.05, 0.1) is 27.4 Å². The van der Waals surface area contributed by atoms with Crippen LogP contribution >= 0.6 is 23.2 Å². The van der Waals surface area contributed by atoms with Crippen molar-refractivity contribution in [3.63, 3.8) is 0 Å². The van der Waals surface area contributed by atoms with Gasteiger partial charge in [-0.05, 0) is 45.0 Å². The highest BCUT2D eigenvalue weighted by Crippen LogP contribution is 2.42. The van der Waals surface area contributed by atoms with Crippen LogP contribution in [0.5, 0.6) is 23.0 Å². The van der Waals surface area contributed by atoms with Crippen molar-refractivity contribution in [1.82, 2.24) is 0 Å². The van der Waals surface area contributed by atoms with Gasteiger partial charge in [0.2, 0.25) is 6.04 Å². The Labute approximate surface area is 202 Å². The second kappa shape index (κ2) is 12.3. The van der Waals surface area contributed by atoms with E-state index in [2.05, 4.69) is 15.5 Å². The third-order valence-electron chi connectivity index (χ3n) is 4.31. The summed E-state index contributed by atoms with van der Waals surface area (Å²) in [6.07, 6.45) is 0. The molecule has 2 aromatic rings. The van der Waals surface area contributed by atoms with E-state index in [9.17, 15) is 9.59 Å². The quantitative estimate of drug-likeness (QED) is 0.324. The summed E-state index contributed by atoms with van der Waals surface area (Å²) in [6, 6.07) is 4.93. The fourth-order valence-corrected chi connectivity index (χ4v) is 3.30. The first-order valence-electron chi connectivity index (χ1n) is 9.99. The van der Waals surface area contributed by atoms with Crippen molar-refractivity contribution in [3.05, 3.63) is 34.3 Å². The third kappa shape index (κ3) is 6.27. The number of hydrogen-bond donors (Lipinski definition) is 1. The van der Waals surface area contributed by atoms with Crippen LogP contribution in [0.1, 0.15) is 20.8 Å². The summed E-state index contributed by atoms with van der Waals surface area (Å²) in [4.78, 5) is 25.2. The van der Waals surface area contributed by atoms with Crippen LogP contribution in [0.4, 0.5) is 11.4 Å². The predicted molar refractivity (Wildman–Crippen MR) is 126 cm³/mol. The van der Waals surface area contributed by atoms with Crippen LogP contribution < -0.4 is 24.3 Å². The van der Waals surface area contributed by atoms with E-state index >= 15 is 0 Å². The van der Waals surface area contributed by atoms with Gasteiger partial charge in [-0.3, -0.25) is 9.59 Å². The van der Waals surface area contributed by atoms with E-state index in [1.54, 1.807) is 38.1 Å². The van der Waals surface area contributed by atoms with Crippen molar-refractivity contribution in [1.29, 1.82) is 0 Å². The highest BCUT2D eigenvalue weighted by molar-refractivity contribution is 6.36. The lowest BCUT2D eigenvalue weighted by atomic mass is 10.2. The number of ketones is 1. The van der Waals surface area contributed by atoms with Crippen LogP contribution in [0.25, 0.3) is 0 Å². The number of ether oxygens (including phenoxy) is 4. The monoisotopic (exact) mass is 497 g/mol. The Morgan fingerprint density at radius 3 is 2.03 bits per heavy atom. The molecule has 0 aliphatic carbocycles. The van der Waals surface area contributed by atoms with E-state index in [0.717, 1.165) is 0 Å². The molecule has 0 heterocycles. The van der Waals surface area contributed by atoms with Gasteiger partial charge in [0, 0.05) is 0 Å². The van der Waals surface area contributed by atoms with Gasteiger partial charge in [0.1, 0.15) is 44.4 Å². The number of carbonyl (C=O) groups excluding carboxylic acids is 2. The van der Waals surface area contributed by atoms with Gasteiger partial charge in [-0.1, -0.05) is 23.2 Å². The molecule has 1 atom stereocenters. The second-order valence-electron chi connectivity index (χ2n) is 6.47. The summed E-state index contributed by atoms with van der Waals surface area (Å²) in [5, 5.41) is 10.8. The van der Waals surface area contributed by atoms with Crippen LogP contribution in [0, 0.1) is 0 Å². The largest absolute Gasteiger partial charge is 0.495 e. The van der Waals surface area contributed by atoms with E-state index < -0.39 is 17.7 Å². The molecule has 1 N–H and O–H groups in total. The molecule has 0 aromatic heterocycles. The highest BCUT2D eigenvalue weighted by Gasteiger charge is 2.27. The third-order valence-corrected chi connectivity index (χ3v) is 5.05. The van der Waals surface area contributed by atoms with Crippen molar-refractivity contribution in [2.45, 2.75) is 26.8 Å². The molecule has 1 amide bonds. The molecule has 1 unspecified atom stereocenters. The van der Waals surface area contributed by atoms with Gasteiger partial charge >= 0.3 is 0 Å². The van der Waals surface area contributed by atoms with Crippen molar-refractivity contribution in [2.75, 3.05) is 32.8 Å². The highest BCUT2D eigenvalue weighted by atomic mass is 35.5. The number of Topliss-reactive ketones (excluding diaryl/α,β-unsaturated/α-hetero) is 1. The molecular weight excluding hydrogens is 473 g/mol. The molecule has 0 aliphatic heterocycles. The number of benzene rings is 2. The van der Waals surface area contributed by atoms with E-state index in [1.165, 1.54) is 21.1 Å². The summed E-state index contributed by atoms with van der Waals surface area (Å²) in [5.41, 5.74) is 0.275. The average molecular weight is 498 g/mol. The minimum absolute atomic E-state index is 0.115. The van der Waals surface area contributed by atoms with Gasteiger partial charge in [0.25, 0.3) is 5.91 Å². The molecule has 0 bridgehead atoms. The molecule has 0 saturated carbocycles.